The van der Waals surface area contributed by atoms with Crippen LogP contribution in [0, 0.1) is 0 Å². The van der Waals surface area contributed by atoms with Crippen molar-refractivity contribution in [3.8, 4) is 0 Å². The Balaban J connectivity index is 1.95. The number of ketones is 2. The Bertz CT molecular complexity index is 1300. The van der Waals surface area contributed by atoms with Gasteiger partial charge in [-0.15, -0.1) is 0 Å². The van der Waals surface area contributed by atoms with E-state index in [-0.39, 0.29) is 33.5 Å². The number of amides is 1. The highest BCUT2D eigenvalue weighted by Gasteiger charge is 2.35. The van der Waals surface area contributed by atoms with Gasteiger partial charge in [-0.3, -0.25) is 14.4 Å². The molecule has 0 saturated carbocycles. The van der Waals surface area contributed by atoms with Crippen molar-refractivity contribution in [1.82, 2.24) is 0 Å². The number of hydrogen-bond acceptors (Lipinski definition) is 5. The van der Waals surface area contributed by atoms with Crippen molar-refractivity contribution < 1.29 is 22.8 Å². The van der Waals surface area contributed by atoms with Crippen molar-refractivity contribution in [2.45, 2.75) is 4.90 Å². The molecule has 29 heavy (non-hydrogen) atoms. The maximum absolute atomic E-state index is 13.1. The molecule has 0 spiro atoms. The second-order valence-electron chi connectivity index (χ2n) is 6.32. The van der Waals surface area contributed by atoms with Crippen molar-refractivity contribution in [3.05, 3.63) is 94.5 Å². The lowest BCUT2D eigenvalue weighted by Crippen LogP contribution is -2.25. The van der Waals surface area contributed by atoms with E-state index < -0.39 is 31.4 Å². The number of carbonyl (C=O) groups is 3. The molecule has 0 bridgehead atoms. The second-order valence-corrected chi connectivity index (χ2v) is 8.86. The van der Waals surface area contributed by atoms with Gasteiger partial charge < -0.3 is 5.32 Å². The van der Waals surface area contributed by atoms with Gasteiger partial charge in [0.25, 0.3) is 15.0 Å². The number of hydrogen-bond donors (Lipinski definition) is 1. The van der Waals surface area contributed by atoms with E-state index in [1.165, 1.54) is 30.3 Å². The summed E-state index contributed by atoms with van der Waals surface area (Å²) in [6.07, 6.45) is 0. The predicted molar refractivity (Wildman–Crippen MR) is 107 cm³/mol. The van der Waals surface area contributed by atoms with Gasteiger partial charge in [-0.2, -0.15) is 0 Å². The molecule has 6 nitrogen and oxygen atoms in total. The summed E-state index contributed by atoms with van der Waals surface area (Å²) in [5, 5.41) is 2.47. The van der Waals surface area contributed by atoms with Crippen LogP contribution >= 0.6 is 10.7 Å². The molecule has 0 atom stereocenters. The minimum atomic E-state index is -4.32. The zero-order chi connectivity index (χ0) is 20.8. The standard InChI is InChI=1S/C21H12ClNO5S/c22-29(27,28)16-11-10-15-17(18(16)23-21(26)12-6-2-1-3-7-12)20(25)14-9-5-4-8-13(14)19(15)24/h1-11H,(H,23,26). The third-order valence-electron chi connectivity index (χ3n) is 4.59. The Labute approximate surface area is 170 Å². The Morgan fingerprint density at radius 2 is 1.34 bits per heavy atom. The molecule has 3 aromatic carbocycles. The maximum Gasteiger partial charge on any atom is 0.263 e. The molecule has 0 heterocycles. The van der Waals surface area contributed by atoms with E-state index >= 15 is 0 Å². The van der Waals surface area contributed by atoms with Gasteiger partial charge in [-0.1, -0.05) is 42.5 Å². The molecule has 1 aliphatic carbocycles. The summed E-state index contributed by atoms with van der Waals surface area (Å²) in [6, 6.07) is 16.6. The zero-order valence-electron chi connectivity index (χ0n) is 14.7. The minimum Gasteiger partial charge on any atom is -0.320 e. The monoisotopic (exact) mass is 425 g/mol. The number of nitrogens with one attached hydrogen (secondary N) is 1. The molecule has 144 valence electrons. The van der Waals surface area contributed by atoms with E-state index in [4.69, 9.17) is 10.7 Å². The highest BCUT2D eigenvalue weighted by atomic mass is 35.7. The number of carbonyl (C=O) groups excluding carboxylic acids is 3. The molecule has 1 aliphatic rings. The van der Waals surface area contributed by atoms with Crippen molar-refractivity contribution in [3.63, 3.8) is 0 Å². The fourth-order valence-corrected chi connectivity index (χ4v) is 4.28. The Morgan fingerprint density at radius 3 is 1.97 bits per heavy atom. The molecule has 4 rings (SSSR count). The first-order valence-electron chi connectivity index (χ1n) is 8.45. The molecule has 3 aromatic rings. The summed E-state index contributed by atoms with van der Waals surface area (Å²) >= 11 is 0. The van der Waals surface area contributed by atoms with Crippen molar-refractivity contribution in [2.24, 2.45) is 0 Å². The van der Waals surface area contributed by atoms with Gasteiger partial charge in [0.1, 0.15) is 4.90 Å². The predicted octanol–water partition coefficient (Wildman–Crippen LogP) is 3.64. The summed E-state index contributed by atoms with van der Waals surface area (Å²) in [5.74, 6) is -1.65. The topological polar surface area (TPSA) is 97.4 Å². The Kier molecular flexibility index (Phi) is 4.56. The van der Waals surface area contributed by atoms with Crippen LogP contribution in [0.4, 0.5) is 5.69 Å². The van der Waals surface area contributed by atoms with Crippen LogP contribution in [0.15, 0.2) is 71.6 Å². The summed E-state index contributed by atoms with van der Waals surface area (Å²) < 4.78 is 24.2. The van der Waals surface area contributed by atoms with Crippen LogP contribution < -0.4 is 5.32 Å². The lowest BCUT2D eigenvalue weighted by molar-refractivity contribution is 0.0978. The van der Waals surface area contributed by atoms with Crippen molar-refractivity contribution in [2.75, 3.05) is 5.32 Å². The summed E-state index contributed by atoms with van der Waals surface area (Å²) in [5.41, 5.74) is 0.0918. The first-order valence-corrected chi connectivity index (χ1v) is 10.8. The average molecular weight is 426 g/mol. The van der Waals surface area contributed by atoms with Crippen LogP contribution in [0.1, 0.15) is 42.2 Å². The maximum atomic E-state index is 13.1. The highest BCUT2D eigenvalue weighted by Crippen LogP contribution is 2.37. The van der Waals surface area contributed by atoms with Gasteiger partial charge >= 0.3 is 0 Å². The molecule has 0 aliphatic heterocycles. The van der Waals surface area contributed by atoms with Crippen molar-refractivity contribution >= 4 is 42.9 Å². The quantitative estimate of drug-likeness (QED) is 0.505. The fourth-order valence-electron chi connectivity index (χ4n) is 3.27. The van der Waals surface area contributed by atoms with E-state index in [1.54, 1.807) is 30.3 Å². The van der Waals surface area contributed by atoms with Gasteiger partial charge in [-0.05, 0) is 24.3 Å². The fraction of sp³-hybridized carbons (Fsp3) is 0. The summed E-state index contributed by atoms with van der Waals surface area (Å²) in [7, 11) is 1.23. The number of rotatable bonds is 3. The van der Waals surface area contributed by atoms with Gasteiger partial charge in [0.15, 0.2) is 11.6 Å². The van der Waals surface area contributed by atoms with Crippen LogP contribution in [-0.2, 0) is 9.05 Å². The lowest BCUT2D eigenvalue weighted by atomic mass is 9.83. The molecule has 0 aromatic heterocycles. The van der Waals surface area contributed by atoms with Crippen LogP contribution in [0.3, 0.4) is 0 Å². The molecular formula is C21H12ClNO5S. The van der Waals surface area contributed by atoms with Crippen LogP contribution in [0.2, 0.25) is 0 Å². The minimum absolute atomic E-state index is 0.00104. The number of fused-ring (bicyclic) bond motifs is 2. The average Bonchev–Trinajstić information content (AvgIpc) is 2.71. The second kappa shape index (κ2) is 6.95. The molecule has 1 amide bonds. The molecular weight excluding hydrogens is 414 g/mol. The number of anilines is 1. The largest absolute Gasteiger partial charge is 0.320 e. The van der Waals surface area contributed by atoms with E-state index in [0.717, 1.165) is 6.07 Å². The summed E-state index contributed by atoms with van der Waals surface area (Å²) in [4.78, 5) is 38.2. The number of halogens is 1. The summed E-state index contributed by atoms with van der Waals surface area (Å²) in [6.45, 7) is 0. The third-order valence-corrected chi connectivity index (χ3v) is 5.96. The van der Waals surface area contributed by atoms with Crippen molar-refractivity contribution in [1.29, 1.82) is 0 Å². The van der Waals surface area contributed by atoms with Gasteiger partial charge in [0.2, 0.25) is 0 Å². The van der Waals surface area contributed by atoms with Crippen LogP contribution in [0.25, 0.3) is 0 Å². The molecule has 0 fully saturated rings. The SMILES string of the molecule is O=C(Nc1c(S(=O)(=O)Cl)ccc2c1C(=O)c1ccccc1C2=O)c1ccccc1. The normalized spacial score (nSPS) is 12.9. The number of benzene rings is 3. The third kappa shape index (κ3) is 3.24. The van der Waals surface area contributed by atoms with Gasteiger partial charge in [-0.25, -0.2) is 8.42 Å². The van der Waals surface area contributed by atoms with Crippen LogP contribution in [0.5, 0.6) is 0 Å². The molecule has 0 radical (unpaired) electrons. The highest BCUT2D eigenvalue weighted by molar-refractivity contribution is 8.13. The van der Waals surface area contributed by atoms with Gasteiger partial charge in [0, 0.05) is 32.9 Å². The van der Waals surface area contributed by atoms with Crippen LogP contribution in [-0.4, -0.2) is 25.9 Å². The van der Waals surface area contributed by atoms with E-state index in [1.807, 2.05) is 0 Å². The zero-order valence-corrected chi connectivity index (χ0v) is 16.3. The van der Waals surface area contributed by atoms with E-state index in [0.29, 0.717) is 0 Å². The lowest BCUT2D eigenvalue weighted by Gasteiger charge is -2.22. The smallest absolute Gasteiger partial charge is 0.263 e. The first-order chi connectivity index (χ1) is 13.8. The Hall–Kier alpha value is -3.29. The van der Waals surface area contributed by atoms with Gasteiger partial charge in [0.05, 0.1) is 11.3 Å². The molecule has 0 saturated heterocycles. The first kappa shape index (κ1) is 19.0. The molecule has 0 unspecified atom stereocenters. The molecule has 1 N–H and O–H groups in total. The molecule has 8 heteroatoms. The van der Waals surface area contributed by atoms with E-state index in [2.05, 4.69) is 5.32 Å². The van der Waals surface area contributed by atoms with E-state index in [9.17, 15) is 22.8 Å². The Morgan fingerprint density at radius 1 is 0.759 bits per heavy atom.